The molecule has 0 bridgehead atoms. The quantitative estimate of drug-likeness (QED) is 0.0166. The summed E-state index contributed by atoms with van der Waals surface area (Å²) in [6.07, 6.45) is 4.66. The largest absolute Gasteiger partial charge is 0.480 e. The molecule has 0 aromatic carbocycles. The van der Waals surface area contributed by atoms with Gasteiger partial charge < -0.3 is 103 Å². The molecular formula is C47H84N22O11. The number of likely N-dealkylation sites (tertiary alicyclic amines) is 1. The van der Waals surface area contributed by atoms with Crippen LogP contribution < -0.4 is 87.6 Å². The highest BCUT2D eigenvalue weighted by Crippen LogP contribution is 2.18. The number of carboxylic acids is 1. The fraction of sp³-hybridized carbons (Fsp3) is 0.660. The predicted octanol–water partition coefficient (Wildman–Crippen LogP) is -6.64. The van der Waals surface area contributed by atoms with E-state index in [9.17, 15) is 53.1 Å². The number of amides is 9. The molecule has 33 heteroatoms. The minimum atomic E-state index is -1.67. The maximum Gasteiger partial charge on any atom is 0.326 e. The molecule has 1 aliphatic heterocycles. The second-order valence-electron chi connectivity index (χ2n) is 19.1. The maximum atomic E-state index is 14.4. The molecule has 0 radical (unpaired) electrons. The molecule has 1 aromatic rings. The van der Waals surface area contributed by atoms with Gasteiger partial charge in [0.1, 0.15) is 42.3 Å². The summed E-state index contributed by atoms with van der Waals surface area (Å²) in [5.41, 5.74) is 34.1. The van der Waals surface area contributed by atoms with Crippen LogP contribution in [0, 0.1) is 16.2 Å². The number of unbranched alkanes of at least 4 members (excludes halogenated alkanes) is 2. The first-order chi connectivity index (χ1) is 38.0. The Hall–Kier alpha value is -8.36. The summed E-state index contributed by atoms with van der Waals surface area (Å²) < 4.78 is 0. The third-order valence-electron chi connectivity index (χ3n) is 12.5. The van der Waals surface area contributed by atoms with Gasteiger partial charge in [0.15, 0.2) is 17.9 Å². The molecular weight excluding hydrogens is 1050 g/mol. The van der Waals surface area contributed by atoms with Crippen molar-refractivity contribution < 1.29 is 53.1 Å². The van der Waals surface area contributed by atoms with Gasteiger partial charge in [0, 0.05) is 38.8 Å². The molecule has 0 aliphatic carbocycles. The first-order valence-corrected chi connectivity index (χ1v) is 26.5. The highest BCUT2D eigenvalue weighted by atomic mass is 16.4. The third kappa shape index (κ3) is 26.3. The summed E-state index contributed by atoms with van der Waals surface area (Å²) in [5.74, 6) is -10.1. The third-order valence-corrected chi connectivity index (χ3v) is 12.5. The van der Waals surface area contributed by atoms with Crippen molar-refractivity contribution in [2.24, 2.45) is 34.4 Å². The summed E-state index contributed by atoms with van der Waals surface area (Å²) in [4.78, 5) is 143. The average Bonchev–Trinajstić information content (AvgIpc) is 4.11. The van der Waals surface area contributed by atoms with Crippen LogP contribution in [0.4, 0.5) is 0 Å². The van der Waals surface area contributed by atoms with Crippen LogP contribution in [0.1, 0.15) is 109 Å². The molecule has 1 aromatic heterocycles. The standard InChI is InChI=1S/C47H84N22O11/c1-2-3-10-32(44(79)80)67-41(76)31(14-8-19-60-47(55)56)65-40(75)30(13-7-18-59-46(53)54)64-39(74)29(12-6-17-58-45(51)52)63-38(73)28(11-4-5-16-48)66-42(77)33(22-35(50)70)68-43(78)34-15-9-20-69(34)36(71)24-61-37(72)27(49)21-26-23-57-25-62-26/h23,25,27-34H,2-22,24,48-49H2,1H3,(H2,50,70)(H,57,62)(H,61,72)(H,63,73)(H,64,74)(H,65,75)(H,66,77)(H,67,76)(H,68,78)(H,79,80)(H4,51,52,58)(H4,53,54,59)(H4,55,56,60)/t27-,28-,29-,30-,31-,32-,33-,34-/m0/s1. The zero-order valence-corrected chi connectivity index (χ0v) is 45.2. The first-order valence-electron chi connectivity index (χ1n) is 26.5. The summed E-state index contributed by atoms with van der Waals surface area (Å²) in [6.45, 7) is 1.87. The van der Waals surface area contributed by atoms with E-state index in [-0.39, 0.29) is 121 Å². The minimum absolute atomic E-state index is 0.0467. The van der Waals surface area contributed by atoms with Crippen LogP contribution in [-0.2, 0) is 54.4 Å². The SMILES string of the molecule is CCCC[C@H](NC(=O)[C@H](CCCNC(=N)N)NC(=O)[C@H](CCCNC(=N)N)NC(=O)[C@H](CCCNC(=N)N)NC(=O)[C@H](CCCCN)NC(=O)[C@H](CC(N)=O)NC(=O)[C@@H]1CCCN1C(=O)CNC(=O)[C@@H](N)Cc1c[nH]cn1)C(=O)O. The van der Waals surface area contributed by atoms with E-state index in [1.54, 1.807) is 6.20 Å². The molecule has 27 N–H and O–H groups in total. The number of carbonyl (C=O) groups is 10. The summed E-state index contributed by atoms with van der Waals surface area (Å²) >= 11 is 0. The molecule has 1 fully saturated rings. The molecule has 0 saturated carbocycles. The number of aromatic nitrogens is 2. The van der Waals surface area contributed by atoms with Crippen LogP contribution in [0.25, 0.3) is 0 Å². The van der Waals surface area contributed by atoms with E-state index < -0.39 is 120 Å². The Morgan fingerprint density at radius 2 is 1.09 bits per heavy atom. The van der Waals surface area contributed by atoms with Gasteiger partial charge in [0.25, 0.3) is 0 Å². The Balaban J connectivity index is 2.42. The van der Waals surface area contributed by atoms with E-state index in [1.165, 1.54) is 11.2 Å². The number of primary amides is 1. The van der Waals surface area contributed by atoms with Gasteiger partial charge in [-0.2, -0.15) is 0 Å². The van der Waals surface area contributed by atoms with Crippen LogP contribution in [0.2, 0.25) is 0 Å². The molecule has 1 aliphatic rings. The van der Waals surface area contributed by atoms with Gasteiger partial charge in [0.05, 0.1) is 31.0 Å². The number of carbonyl (C=O) groups excluding carboxylic acids is 9. The highest BCUT2D eigenvalue weighted by molar-refractivity contribution is 5.99. The lowest BCUT2D eigenvalue weighted by Crippen LogP contribution is -2.60. The second-order valence-corrected chi connectivity index (χ2v) is 19.1. The zero-order valence-electron chi connectivity index (χ0n) is 45.2. The zero-order chi connectivity index (χ0) is 59.7. The number of nitrogens with two attached hydrogens (primary N) is 6. The summed E-state index contributed by atoms with van der Waals surface area (Å²) in [5, 5.41) is 58.0. The highest BCUT2D eigenvalue weighted by Gasteiger charge is 2.38. The number of aromatic amines is 1. The maximum absolute atomic E-state index is 14.4. The molecule has 2 rings (SSSR count). The lowest BCUT2D eigenvalue weighted by molar-refractivity contribution is -0.142. The molecule has 1 saturated heterocycles. The van der Waals surface area contributed by atoms with Crippen molar-refractivity contribution in [3.8, 4) is 0 Å². The number of carboxylic acid groups (broad SMARTS) is 1. The van der Waals surface area contributed by atoms with Crippen LogP contribution in [0.3, 0.4) is 0 Å². The average molecular weight is 1130 g/mol. The Kier molecular flexibility index (Phi) is 31.1. The van der Waals surface area contributed by atoms with Gasteiger partial charge in [-0.15, -0.1) is 0 Å². The number of nitrogens with one attached hydrogen (secondary N) is 14. The lowest BCUT2D eigenvalue weighted by atomic mass is 10.0. The van der Waals surface area contributed by atoms with Crippen molar-refractivity contribution in [1.29, 1.82) is 16.2 Å². The molecule has 448 valence electrons. The van der Waals surface area contributed by atoms with Crippen LogP contribution in [-0.4, -0.2) is 185 Å². The smallest absolute Gasteiger partial charge is 0.326 e. The predicted molar refractivity (Wildman–Crippen MR) is 291 cm³/mol. The van der Waals surface area contributed by atoms with Crippen molar-refractivity contribution in [2.45, 2.75) is 158 Å². The van der Waals surface area contributed by atoms with Gasteiger partial charge in [0.2, 0.25) is 53.2 Å². The molecule has 9 amide bonds. The minimum Gasteiger partial charge on any atom is -0.480 e. The number of hydrogen-bond acceptors (Lipinski definition) is 16. The van der Waals surface area contributed by atoms with Crippen molar-refractivity contribution in [3.05, 3.63) is 18.2 Å². The Labute approximate surface area is 463 Å². The van der Waals surface area contributed by atoms with Crippen LogP contribution >= 0.6 is 0 Å². The van der Waals surface area contributed by atoms with E-state index in [0.717, 1.165) is 0 Å². The molecule has 0 spiro atoms. The number of guanidine groups is 3. The van der Waals surface area contributed by atoms with Crippen LogP contribution in [0.5, 0.6) is 0 Å². The monoisotopic (exact) mass is 1130 g/mol. The number of imidazole rings is 1. The van der Waals surface area contributed by atoms with Crippen molar-refractivity contribution in [3.63, 3.8) is 0 Å². The van der Waals surface area contributed by atoms with Crippen molar-refractivity contribution in [2.75, 3.05) is 39.3 Å². The number of hydrogen-bond donors (Lipinski definition) is 21. The number of H-pyrrole nitrogens is 1. The first kappa shape index (κ1) is 67.7. The number of aliphatic carboxylic acids is 1. The van der Waals surface area contributed by atoms with E-state index in [2.05, 4.69) is 63.1 Å². The fourth-order valence-corrected chi connectivity index (χ4v) is 8.32. The van der Waals surface area contributed by atoms with E-state index >= 15 is 0 Å². The van der Waals surface area contributed by atoms with Crippen molar-refractivity contribution >= 4 is 77.0 Å². The molecule has 33 nitrogen and oxygen atoms in total. The molecule has 80 heavy (non-hydrogen) atoms. The van der Waals surface area contributed by atoms with Gasteiger partial charge in [-0.3, -0.25) is 59.4 Å². The Morgan fingerprint density at radius 1 is 0.637 bits per heavy atom. The fourth-order valence-electron chi connectivity index (χ4n) is 8.32. The van der Waals surface area contributed by atoms with Gasteiger partial charge in [-0.05, 0) is 83.6 Å². The Bertz CT molecular complexity index is 2250. The van der Waals surface area contributed by atoms with Crippen molar-refractivity contribution in [1.82, 2.24) is 68.0 Å². The summed E-state index contributed by atoms with van der Waals surface area (Å²) in [7, 11) is 0. The number of rotatable bonds is 39. The molecule has 0 unspecified atom stereocenters. The summed E-state index contributed by atoms with van der Waals surface area (Å²) in [6, 6.07) is -10.8. The van der Waals surface area contributed by atoms with E-state index in [1.807, 2.05) is 6.92 Å². The topological polar surface area (TPSA) is 571 Å². The van der Waals surface area contributed by atoms with Crippen LogP contribution in [0.15, 0.2) is 12.5 Å². The van der Waals surface area contributed by atoms with E-state index in [4.69, 9.17) is 50.6 Å². The molecule has 2 heterocycles. The van der Waals surface area contributed by atoms with Gasteiger partial charge >= 0.3 is 5.97 Å². The van der Waals surface area contributed by atoms with Gasteiger partial charge in [-0.25, -0.2) is 9.78 Å². The Morgan fingerprint density at radius 3 is 1.50 bits per heavy atom. The van der Waals surface area contributed by atoms with Gasteiger partial charge in [-0.1, -0.05) is 19.8 Å². The van der Waals surface area contributed by atoms with E-state index in [0.29, 0.717) is 31.4 Å². The number of nitrogens with zero attached hydrogens (tertiary/aromatic N) is 2. The second kappa shape index (κ2) is 36.7. The molecule has 8 atom stereocenters. The normalized spacial score (nSPS) is 15.4. The lowest BCUT2D eigenvalue weighted by Gasteiger charge is -2.28.